The Labute approximate surface area is 191 Å². The number of likely N-dealkylation sites (N-methyl/N-ethyl adjacent to an activating group) is 1. The van der Waals surface area contributed by atoms with Crippen molar-refractivity contribution in [3.63, 3.8) is 0 Å². The topological polar surface area (TPSA) is 56.5 Å². The first kappa shape index (κ1) is 23.1. The first-order chi connectivity index (χ1) is 15.6. The fourth-order valence-electron chi connectivity index (χ4n) is 3.60. The number of hydrogen-bond donors (Lipinski definition) is 1. The van der Waals surface area contributed by atoms with Gasteiger partial charge in [0.1, 0.15) is 18.1 Å². The van der Waals surface area contributed by atoms with Crippen LogP contribution in [0.15, 0.2) is 78.9 Å². The highest BCUT2D eigenvalue weighted by atomic mass is 16.5. The summed E-state index contributed by atoms with van der Waals surface area (Å²) in [5.74, 6) is 1.08. The molecule has 4 heteroatoms. The Kier molecular flexibility index (Phi) is 8.48. The van der Waals surface area contributed by atoms with E-state index < -0.39 is 0 Å². The van der Waals surface area contributed by atoms with Crippen LogP contribution in [0.3, 0.4) is 0 Å². The molecule has 0 fully saturated rings. The highest BCUT2D eigenvalue weighted by Gasteiger charge is 2.14. The van der Waals surface area contributed by atoms with Crippen LogP contribution in [-0.2, 0) is 0 Å². The fourth-order valence-corrected chi connectivity index (χ4v) is 3.60. The molecule has 0 aromatic heterocycles. The molecule has 1 N–H and O–H groups in total. The van der Waals surface area contributed by atoms with Gasteiger partial charge in [0.15, 0.2) is 0 Å². The Balaban J connectivity index is 2.05. The molecule has 3 aromatic rings. The number of allylic oxidation sites excluding steroid dienone is 1. The lowest BCUT2D eigenvalue weighted by Crippen LogP contribution is -2.19. The lowest BCUT2D eigenvalue weighted by atomic mass is 9.87. The summed E-state index contributed by atoms with van der Waals surface area (Å²) in [6, 6.07) is 28.1. The van der Waals surface area contributed by atoms with Gasteiger partial charge >= 0.3 is 0 Å². The predicted octanol–water partition coefficient (Wildman–Crippen LogP) is 5.99. The van der Waals surface area contributed by atoms with E-state index in [-0.39, 0.29) is 5.75 Å². The van der Waals surface area contributed by atoms with Gasteiger partial charge in [0.2, 0.25) is 0 Å². The van der Waals surface area contributed by atoms with Crippen molar-refractivity contribution in [2.75, 3.05) is 27.2 Å². The Morgan fingerprint density at radius 1 is 0.875 bits per heavy atom. The summed E-state index contributed by atoms with van der Waals surface area (Å²) in [5.41, 5.74) is 5.54. The molecule has 4 nitrogen and oxygen atoms in total. The molecule has 3 rings (SSSR count). The van der Waals surface area contributed by atoms with E-state index in [0.29, 0.717) is 13.0 Å². The van der Waals surface area contributed by atoms with E-state index in [2.05, 4.69) is 35.2 Å². The molecule has 0 radical (unpaired) electrons. The van der Waals surface area contributed by atoms with Crippen LogP contribution in [0.25, 0.3) is 11.1 Å². The van der Waals surface area contributed by atoms with Crippen molar-refractivity contribution in [2.45, 2.75) is 19.3 Å². The number of phenolic OH excluding ortho intramolecular Hbond substituents is 1. The minimum Gasteiger partial charge on any atom is -0.508 e. The normalized spacial score (nSPS) is 11.7. The number of nitrogens with zero attached hydrogens (tertiary/aromatic N) is 2. The second-order valence-electron chi connectivity index (χ2n) is 7.95. The Morgan fingerprint density at radius 2 is 1.50 bits per heavy atom. The molecule has 0 spiro atoms. The Morgan fingerprint density at radius 3 is 2.09 bits per heavy atom. The zero-order valence-electron chi connectivity index (χ0n) is 18.8. The van der Waals surface area contributed by atoms with Gasteiger partial charge in [-0.1, -0.05) is 54.6 Å². The largest absolute Gasteiger partial charge is 0.508 e. The third kappa shape index (κ3) is 6.47. The fraction of sp³-hybridized carbons (Fsp3) is 0.250. The standard InChI is InChI=1S/C28H30N2O2/c1-30(2)20-21-32-26-17-13-24(14-18-26)28(23-11-15-25(31)16-12-23)27(10-6-7-19-29)22-8-4-3-5-9-22/h3-5,8-9,11-18,31H,6-7,10,20-21H2,1-2H3/b28-27-. The molecule has 0 aliphatic heterocycles. The molecule has 0 bridgehead atoms. The number of hydrogen-bond acceptors (Lipinski definition) is 4. The summed E-state index contributed by atoms with van der Waals surface area (Å²) in [4.78, 5) is 2.09. The van der Waals surface area contributed by atoms with Crippen LogP contribution >= 0.6 is 0 Å². The molecule has 0 heterocycles. The molecule has 0 saturated heterocycles. The van der Waals surface area contributed by atoms with E-state index in [1.807, 2.05) is 56.6 Å². The molecule has 0 saturated carbocycles. The van der Waals surface area contributed by atoms with E-state index in [1.165, 1.54) is 5.57 Å². The van der Waals surface area contributed by atoms with Crippen LogP contribution in [0, 0.1) is 11.3 Å². The number of rotatable bonds is 10. The quantitative estimate of drug-likeness (QED) is 0.320. The monoisotopic (exact) mass is 426 g/mol. The summed E-state index contributed by atoms with van der Waals surface area (Å²) >= 11 is 0. The van der Waals surface area contributed by atoms with Gasteiger partial charge in [0, 0.05) is 13.0 Å². The first-order valence-corrected chi connectivity index (χ1v) is 10.9. The van der Waals surface area contributed by atoms with Crippen LogP contribution in [-0.4, -0.2) is 37.3 Å². The number of aromatic hydroxyl groups is 1. The third-order valence-electron chi connectivity index (χ3n) is 5.25. The molecular formula is C28H30N2O2. The summed E-state index contributed by atoms with van der Waals surface area (Å²) < 4.78 is 5.87. The van der Waals surface area contributed by atoms with Gasteiger partial charge in [-0.25, -0.2) is 0 Å². The smallest absolute Gasteiger partial charge is 0.119 e. The molecule has 164 valence electrons. The minimum atomic E-state index is 0.239. The van der Waals surface area contributed by atoms with Crippen molar-refractivity contribution in [1.29, 1.82) is 5.26 Å². The van der Waals surface area contributed by atoms with Crippen molar-refractivity contribution in [3.8, 4) is 17.6 Å². The van der Waals surface area contributed by atoms with Crippen molar-refractivity contribution < 1.29 is 9.84 Å². The summed E-state index contributed by atoms with van der Waals surface area (Å²) in [6.07, 6.45) is 2.08. The third-order valence-corrected chi connectivity index (χ3v) is 5.25. The molecule has 32 heavy (non-hydrogen) atoms. The lowest BCUT2D eigenvalue weighted by molar-refractivity contribution is 0.261. The average molecular weight is 427 g/mol. The van der Waals surface area contributed by atoms with Gasteiger partial charge in [-0.15, -0.1) is 0 Å². The van der Waals surface area contributed by atoms with Crippen LogP contribution < -0.4 is 4.74 Å². The van der Waals surface area contributed by atoms with Gasteiger partial charge in [0.05, 0.1) is 6.07 Å². The van der Waals surface area contributed by atoms with Crippen molar-refractivity contribution in [2.24, 2.45) is 0 Å². The van der Waals surface area contributed by atoms with Crippen LogP contribution in [0.2, 0.25) is 0 Å². The Hall–Kier alpha value is -3.55. The first-order valence-electron chi connectivity index (χ1n) is 10.9. The zero-order chi connectivity index (χ0) is 22.8. The van der Waals surface area contributed by atoms with Crippen molar-refractivity contribution in [3.05, 3.63) is 95.6 Å². The van der Waals surface area contributed by atoms with Crippen LogP contribution in [0.1, 0.15) is 36.0 Å². The van der Waals surface area contributed by atoms with E-state index in [4.69, 9.17) is 10.00 Å². The Bertz CT molecular complexity index is 1050. The summed E-state index contributed by atoms with van der Waals surface area (Å²) in [6.45, 7) is 1.49. The van der Waals surface area contributed by atoms with E-state index in [0.717, 1.165) is 47.4 Å². The molecule has 0 unspecified atom stereocenters. The van der Waals surface area contributed by atoms with E-state index >= 15 is 0 Å². The summed E-state index contributed by atoms with van der Waals surface area (Å²) in [5, 5.41) is 18.9. The minimum absolute atomic E-state index is 0.239. The molecule has 0 atom stereocenters. The van der Waals surface area contributed by atoms with E-state index in [9.17, 15) is 5.11 Å². The maximum atomic E-state index is 9.82. The second kappa shape index (κ2) is 11.7. The van der Waals surface area contributed by atoms with Crippen molar-refractivity contribution >= 4 is 11.1 Å². The predicted molar refractivity (Wildman–Crippen MR) is 130 cm³/mol. The van der Waals surface area contributed by atoms with Gasteiger partial charge < -0.3 is 14.7 Å². The summed E-state index contributed by atoms with van der Waals surface area (Å²) in [7, 11) is 4.05. The van der Waals surface area contributed by atoms with Crippen molar-refractivity contribution in [1.82, 2.24) is 4.90 Å². The molecular weight excluding hydrogens is 396 g/mol. The molecule has 0 aliphatic rings. The lowest BCUT2D eigenvalue weighted by Gasteiger charge is -2.18. The van der Waals surface area contributed by atoms with Gasteiger partial charge in [-0.3, -0.25) is 0 Å². The highest BCUT2D eigenvalue weighted by Crippen LogP contribution is 2.36. The maximum Gasteiger partial charge on any atom is 0.119 e. The van der Waals surface area contributed by atoms with Gasteiger partial charge in [-0.05, 0) is 79.0 Å². The number of benzene rings is 3. The number of nitriles is 1. The molecule has 0 amide bonds. The number of ether oxygens (including phenoxy) is 1. The molecule has 0 aliphatic carbocycles. The number of phenols is 1. The van der Waals surface area contributed by atoms with Crippen LogP contribution in [0.4, 0.5) is 0 Å². The van der Waals surface area contributed by atoms with Gasteiger partial charge in [-0.2, -0.15) is 5.26 Å². The highest BCUT2D eigenvalue weighted by molar-refractivity contribution is 5.98. The average Bonchev–Trinajstić information content (AvgIpc) is 2.81. The maximum absolute atomic E-state index is 9.82. The van der Waals surface area contributed by atoms with Gasteiger partial charge in [0.25, 0.3) is 0 Å². The SMILES string of the molecule is CN(C)CCOc1ccc(/C(=C(/CCCC#N)c2ccccc2)c2ccc(O)cc2)cc1. The molecule has 3 aromatic carbocycles. The van der Waals surface area contributed by atoms with Crippen LogP contribution in [0.5, 0.6) is 11.5 Å². The second-order valence-corrected chi connectivity index (χ2v) is 7.95. The zero-order valence-corrected chi connectivity index (χ0v) is 18.8. The van der Waals surface area contributed by atoms with E-state index in [1.54, 1.807) is 12.1 Å². The number of unbranched alkanes of at least 4 members (excludes halogenated alkanes) is 1.